The van der Waals surface area contributed by atoms with Gasteiger partial charge in [0.1, 0.15) is 6.29 Å². The lowest BCUT2D eigenvalue weighted by Crippen LogP contribution is -2.41. The van der Waals surface area contributed by atoms with Crippen LogP contribution in [0.3, 0.4) is 0 Å². The molecule has 0 saturated carbocycles. The fraction of sp³-hybridized carbons (Fsp3) is 0.583. The topological polar surface area (TPSA) is 23.6 Å². The molecule has 0 amide bonds. The van der Waals surface area contributed by atoms with Crippen LogP contribution in [-0.4, -0.2) is 49.2 Å². The first kappa shape index (κ1) is 13.1. The second-order valence-corrected chi connectivity index (χ2v) is 5.40. The molecule has 0 saturated heterocycles. The fourth-order valence-electron chi connectivity index (χ4n) is 2.06. The number of hydrogen-bond donors (Lipinski definition) is 0. The van der Waals surface area contributed by atoms with E-state index >= 15 is 0 Å². The van der Waals surface area contributed by atoms with Gasteiger partial charge in [0.2, 0.25) is 0 Å². The van der Waals surface area contributed by atoms with Gasteiger partial charge in [-0.2, -0.15) is 0 Å². The molecule has 0 bridgehead atoms. The van der Waals surface area contributed by atoms with Gasteiger partial charge in [-0.05, 0) is 13.0 Å². The number of rotatable bonds is 3. The molecule has 0 radical (unpaired) electrons. The minimum atomic E-state index is -0.681. The van der Waals surface area contributed by atoms with Crippen molar-refractivity contribution in [2.75, 3.05) is 28.2 Å². The van der Waals surface area contributed by atoms with E-state index < -0.39 is 4.87 Å². The number of carbonyl (C=O) groups is 1. The van der Waals surface area contributed by atoms with Crippen LogP contribution < -0.4 is 0 Å². The zero-order chi connectivity index (χ0) is 12.5. The molecule has 1 rings (SSSR count). The van der Waals surface area contributed by atoms with Crippen molar-refractivity contribution >= 4 is 17.9 Å². The van der Waals surface area contributed by atoms with Crippen molar-refractivity contribution in [2.45, 2.75) is 11.8 Å². The standard InChI is InChI=1S/C12H19ClN2O/c1-12(13)9(8-16)6-7-10(14(2)3)11(12)15(4)5/h6-9H,1-5H3. The minimum absolute atomic E-state index is 0.282. The molecule has 0 aromatic rings. The molecule has 3 nitrogen and oxygen atoms in total. The Labute approximate surface area is 102 Å². The van der Waals surface area contributed by atoms with Crippen LogP contribution in [0.1, 0.15) is 6.92 Å². The Balaban J connectivity index is 3.32. The largest absolute Gasteiger partial charge is 0.378 e. The van der Waals surface area contributed by atoms with E-state index in [2.05, 4.69) is 0 Å². The molecule has 90 valence electrons. The van der Waals surface area contributed by atoms with E-state index in [0.717, 1.165) is 17.7 Å². The SMILES string of the molecule is CN(C)C1=C(N(C)C)C(C)(Cl)C(C=O)C=C1. The van der Waals surface area contributed by atoms with Crippen molar-refractivity contribution in [3.05, 3.63) is 23.5 Å². The molecule has 0 N–H and O–H groups in total. The predicted octanol–water partition coefficient (Wildman–Crippen LogP) is 1.70. The molecule has 16 heavy (non-hydrogen) atoms. The van der Waals surface area contributed by atoms with Crippen LogP contribution in [0.4, 0.5) is 0 Å². The monoisotopic (exact) mass is 242 g/mol. The lowest BCUT2D eigenvalue weighted by atomic mass is 9.85. The molecule has 4 heteroatoms. The van der Waals surface area contributed by atoms with Gasteiger partial charge < -0.3 is 14.6 Å². The number of likely N-dealkylation sites (N-methyl/N-ethyl adjacent to an activating group) is 1. The van der Waals surface area contributed by atoms with E-state index in [9.17, 15) is 4.79 Å². The Morgan fingerprint density at radius 2 is 1.88 bits per heavy atom. The zero-order valence-electron chi connectivity index (χ0n) is 10.5. The molecular formula is C12H19ClN2O. The minimum Gasteiger partial charge on any atom is -0.378 e. The summed E-state index contributed by atoms with van der Waals surface area (Å²) in [5.41, 5.74) is 2.01. The highest BCUT2D eigenvalue weighted by Crippen LogP contribution is 2.39. The average molecular weight is 243 g/mol. The quantitative estimate of drug-likeness (QED) is 0.556. The Hall–Kier alpha value is -0.960. The molecular weight excluding hydrogens is 224 g/mol. The van der Waals surface area contributed by atoms with Crippen molar-refractivity contribution < 1.29 is 4.79 Å². The lowest BCUT2D eigenvalue weighted by molar-refractivity contribution is -0.110. The van der Waals surface area contributed by atoms with Gasteiger partial charge in [-0.25, -0.2) is 0 Å². The van der Waals surface area contributed by atoms with E-state index in [1.165, 1.54) is 0 Å². The maximum Gasteiger partial charge on any atom is 0.129 e. The maximum absolute atomic E-state index is 11.0. The summed E-state index contributed by atoms with van der Waals surface area (Å²) in [6, 6.07) is 0. The molecule has 0 aromatic carbocycles. The third-order valence-electron chi connectivity index (χ3n) is 2.87. The van der Waals surface area contributed by atoms with Crippen LogP contribution in [0.5, 0.6) is 0 Å². The smallest absolute Gasteiger partial charge is 0.129 e. The van der Waals surface area contributed by atoms with Gasteiger partial charge in [0, 0.05) is 28.2 Å². The number of nitrogens with zero attached hydrogens (tertiary/aromatic N) is 2. The molecule has 0 heterocycles. The van der Waals surface area contributed by atoms with Crippen LogP contribution in [0.15, 0.2) is 23.5 Å². The van der Waals surface area contributed by atoms with Crippen LogP contribution in [-0.2, 0) is 4.79 Å². The molecule has 1 aliphatic rings. The van der Waals surface area contributed by atoms with Crippen molar-refractivity contribution in [3.63, 3.8) is 0 Å². The number of allylic oxidation sites excluding steroid dienone is 3. The molecule has 0 spiro atoms. The first-order valence-electron chi connectivity index (χ1n) is 5.24. The Morgan fingerprint density at radius 1 is 1.31 bits per heavy atom. The normalized spacial score (nSPS) is 29.2. The Morgan fingerprint density at radius 3 is 2.25 bits per heavy atom. The number of halogens is 1. The van der Waals surface area contributed by atoms with Gasteiger partial charge in [-0.1, -0.05) is 6.08 Å². The van der Waals surface area contributed by atoms with E-state index in [1.54, 1.807) is 0 Å². The lowest BCUT2D eigenvalue weighted by Gasteiger charge is -2.39. The van der Waals surface area contributed by atoms with E-state index in [4.69, 9.17) is 11.6 Å². The summed E-state index contributed by atoms with van der Waals surface area (Å²) < 4.78 is 0. The first-order valence-corrected chi connectivity index (χ1v) is 5.62. The Bertz CT molecular complexity index is 343. The van der Waals surface area contributed by atoms with Crippen LogP contribution >= 0.6 is 11.6 Å². The predicted molar refractivity (Wildman–Crippen MR) is 67.4 cm³/mol. The Kier molecular flexibility index (Phi) is 3.68. The molecule has 2 atom stereocenters. The highest BCUT2D eigenvalue weighted by atomic mass is 35.5. The van der Waals surface area contributed by atoms with Crippen molar-refractivity contribution in [1.29, 1.82) is 0 Å². The van der Waals surface area contributed by atoms with Gasteiger partial charge in [0.05, 0.1) is 22.2 Å². The zero-order valence-corrected chi connectivity index (χ0v) is 11.2. The van der Waals surface area contributed by atoms with Gasteiger partial charge in [-0.15, -0.1) is 11.6 Å². The summed E-state index contributed by atoms with van der Waals surface area (Å²) in [5.74, 6) is -0.282. The highest BCUT2D eigenvalue weighted by molar-refractivity contribution is 6.27. The van der Waals surface area contributed by atoms with Crippen LogP contribution in [0, 0.1) is 5.92 Å². The third-order valence-corrected chi connectivity index (χ3v) is 3.30. The van der Waals surface area contributed by atoms with E-state index in [0.29, 0.717) is 0 Å². The van der Waals surface area contributed by atoms with Crippen LogP contribution in [0.25, 0.3) is 0 Å². The molecule has 2 unspecified atom stereocenters. The van der Waals surface area contributed by atoms with E-state index in [-0.39, 0.29) is 5.92 Å². The number of alkyl halides is 1. The number of carbonyl (C=O) groups excluding carboxylic acids is 1. The van der Waals surface area contributed by atoms with Gasteiger partial charge in [0.25, 0.3) is 0 Å². The maximum atomic E-state index is 11.0. The van der Waals surface area contributed by atoms with Crippen molar-refractivity contribution in [1.82, 2.24) is 9.80 Å². The van der Waals surface area contributed by atoms with Gasteiger partial charge in [0.15, 0.2) is 0 Å². The number of aldehydes is 1. The molecule has 1 aliphatic carbocycles. The molecule has 0 fully saturated rings. The van der Waals surface area contributed by atoms with Crippen LogP contribution in [0.2, 0.25) is 0 Å². The van der Waals surface area contributed by atoms with E-state index in [1.807, 2.05) is 57.1 Å². The molecule has 0 aliphatic heterocycles. The third kappa shape index (κ3) is 2.09. The summed E-state index contributed by atoms with van der Waals surface area (Å²) in [4.78, 5) is 14.3. The van der Waals surface area contributed by atoms with Crippen molar-refractivity contribution in [3.8, 4) is 0 Å². The second-order valence-electron chi connectivity index (χ2n) is 4.62. The highest BCUT2D eigenvalue weighted by Gasteiger charge is 2.40. The summed E-state index contributed by atoms with van der Waals surface area (Å²) in [7, 11) is 7.83. The van der Waals surface area contributed by atoms with Gasteiger partial charge >= 0.3 is 0 Å². The van der Waals surface area contributed by atoms with Gasteiger partial charge in [-0.3, -0.25) is 0 Å². The summed E-state index contributed by atoms with van der Waals surface area (Å²) >= 11 is 6.53. The number of hydrogen-bond acceptors (Lipinski definition) is 3. The second kappa shape index (κ2) is 4.50. The van der Waals surface area contributed by atoms with Crippen molar-refractivity contribution in [2.24, 2.45) is 5.92 Å². The molecule has 0 aromatic heterocycles. The summed E-state index contributed by atoms with van der Waals surface area (Å²) in [6.45, 7) is 1.88. The fourth-order valence-corrected chi connectivity index (χ4v) is 2.45. The summed E-state index contributed by atoms with van der Waals surface area (Å²) in [5, 5.41) is 0. The average Bonchev–Trinajstić information content (AvgIpc) is 2.14. The first-order chi connectivity index (χ1) is 7.32. The summed E-state index contributed by atoms with van der Waals surface area (Å²) in [6.07, 6.45) is 4.72.